The average molecular weight is 321 g/mol. The zero-order chi connectivity index (χ0) is 16.7. The molecule has 0 heterocycles. The largest absolute Gasteiger partial charge is 0.449 e. The molecule has 0 bridgehead atoms. The molecule has 0 aliphatic heterocycles. The summed E-state index contributed by atoms with van der Waals surface area (Å²) in [5, 5.41) is 0. The van der Waals surface area contributed by atoms with E-state index in [9.17, 15) is 26.3 Å². The molecule has 2 aromatic rings. The number of alkyl halides is 3. The third-order valence-corrected chi connectivity index (χ3v) is 2.83. The van der Waals surface area contributed by atoms with E-state index in [1.165, 1.54) is 6.92 Å². The number of ether oxygens (including phenoxy) is 1. The van der Waals surface area contributed by atoms with Crippen LogP contribution in [0.2, 0.25) is 0 Å². The van der Waals surface area contributed by atoms with E-state index in [0.717, 1.165) is 12.1 Å². The molecule has 2 nitrogen and oxygen atoms in total. The van der Waals surface area contributed by atoms with Gasteiger partial charge >= 0.3 is 6.18 Å². The molecular weight excluding hydrogens is 312 g/mol. The van der Waals surface area contributed by atoms with Gasteiger partial charge in [-0.25, -0.2) is 13.2 Å². The smallest absolute Gasteiger partial charge is 0.416 e. The van der Waals surface area contributed by atoms with Crippen LogP contribution in [-0.2, 0) is 6.18 Å². The molecule has 2 aromatic carbocycles. The quantitative estimate of drug-likeness (QED) is 0.636. The molecule has 0 unspecified atom stereocenters. The Morgan fingerprint density at radius 1 is 0.909 bits per heavy atom. The minimum Gasteiger partial charge on any atom is -0.449 e. The van der Waals surface area contributed by atoms with Crippen LogP contribution in [0.1, 0.15) is 11.1 Å². The van der Waals surface area contributed by atoms with Crippen molar-refractivity contribution in [1.82, 2.24) is 0 Å². The highest BCUT2D eigenvalue weighted by Crippen LogP contribution is 2.37. The zero-order valence-electron chi connectivity index (χ0n) is 11.1. The van der Waals surface area contributed by atoms with E-state index < -0.39 is 34.9 Å². The number of hydrogen-bond acceptors (Lipinski definition) is 2. The molecule has 0 saturated carbocycles. The molecule has 0 atom stereocenters. The normalized spacial score (nSPS) is 11.6. The molecule has 0 aliphatic rings. The van der Waals surface area contributed by atoms with Crippen LogP contribution in [0.15, 0.2) is 24.3 Å². The molecule has 0 amide bonds. The maximum atomic E-state index is 13.7. The van der Waals surface area contributed by atoms with Gasteiger partial charge in [-0.2, -0.15) is 13.2 Å². The highest BCUT2D eigenvalue weighted by molar-refractivity contribution is 5.56. The fraction of sp³-hybridized carbons (Fsp3) is 0.143. The van der Waals surface area contributed by atoms with Crippen molar-refractivity contribution in [2.24, 2.45) is 0 Å². The Morgan fingerprint density at radius 2 is 1.45 bits per heavy atom. The van der Waals surface area contributed by atoms with Crippen molar-refractivity contribution < 1.29 is 31.1 Å². The summed E-state index contributed by atoms with van der Waals surface area (Å²) < 4.78 is 82.7. The standard InChI is InChI=1S/C14H9F6NO/c1-6-2-12(11(21)5-8(6)15)22-13-9(16)3-7(4-10(13)17)14(18,19)20/h2-5H,21H2,1H3. The number of nitrogens with two attached hydrogens (primary N) is 1. The SMILES string of the molecule is Cc1cc(Oc2c(F)cc(C(F)(F)F)cc2F)c(N)cc1F. The van der Waals surface area contributed by atoms with Crippen molar-refractivity contribution in [3.05, 3.63) is 52.8 Å². The summed E-state index contributed by atoms with van der Waals surface area (Å²) in [5.41, 5.74) is 3.81. The van der Waals surface area contributed by atoms with Crippen LogP contribution in [0, 0.1) is 24.4 Å². The number of nitrogen functional groups attached to an aromatic ring is 1. The van der Waals surface area contributed by atoms with E-state index in [1.807, 2.05) is 0 Å². The molecule has 2 N–H and O–H groups in total. The molecule has 0 spiro atoms. The number of benzene rings is 2. The highest BCUT2D eigenvalue weighted by atomic mass is 19.4. The van der Waals surface area contributed by atoms with Gasteiger partial charge in [0.25, 0.3) is 0 Å². The summed E-state index contributed by atoms with van der Waals surface area (Å²) >= 11 is 0. The molecule has 8 heteroatoms. The lowest BCUT2D eigenvalue weighted by Gasteiger charge is -2.13. The van der Waals surface area contributed by atoms with Gasteiger partial charge in [0.15, 0.2) is 23.1 Å². The van der Waals surface area contributed by atoms with Gasteiger partial charge in [-0.15, -0.1) is 0 Å². The van der Waals surface area contributed by atoms with Gasteiger partial charge in [-0.05, 0) is 30.7 Å². The first-order valence-electron chi connectivity index (χ1n) is 5.89. The van der Waals surface area contributed by atoms with Crippen molar-refractivity contribution in [2.45, 2.75) is 13.1 Å². The van der Waals surface area contributed by atoms with Crippen LogP contribution in [0.5, 0.6) is 11.5 Å². The van der Waals surface area contributed by atoms with Crippen LogP contribution in [-0.4, -0.2) is 0 Å². The second-order valence-corrected chi connectivity index (χ2v) is 4.51. The third-order valence-electron chi connectivity index (χ3n) is 2.83. The van der Waals surface area contributed by atoms with Gasteiger partial charge in [0.1, 0.15) is 5.82 Å². The molecule has 2 rings (SSSR count). The highest BCUT2D eigenvalue weighted by Gasteiger charge is 2.33. The monoisotopic (exact) mass is 321 g/mol. The summed E-state index contributed by atoms with van der Waals surface area (Å²) in [5.74, 6) is -5.07. The Bertz CT molecular complexity index is 703. The Kier molecular flexibility index (Phi) is 3.95. The van der Waals surface area contributed by atoms with Gasteiger partial charge < -0.3 is 10.5 Å². The fourth-order valence-electron chi connectivity index (χ4n) is 1.69. The first kappa shape index (κ1) is 16.0. The van der Waals surface area contributed by atoms with E-state index >= 15 is 0 Å². The summed E-state index contributed by atoms with van der Waals surface area (Å²) in [6.45, 7) is 1.36. The van der Waals surface area contributed by atoms with E-state index in [1.54, 1.807) is 0 Å². The second-order valence-electron chi connectivity index (χ2n) is 4.51. The van der Waals surface area contributed by atoms with Crippen molar-refractivity contribution in [3.63, 3.8) is 0 Å². The molecule has 0 aromatic heterocycles. The first-order chi connectivity index (χ1) is 10.1. The number of rotatable bonds is 2. The summed E-state index contributed by atoms with van der Waals surface area (Å²) in [4.78, 5) is 0. The summed E-state index contributed by atoms with van der Waals surface area (Å²) in [6, 6.07) is 2.17. The zero-order valence-corrected chi connectivity index (χ0v) is 11.1. The minimum absolute atomic E-state index is 0.0944. The predicted molar refractivity (Wildman–Crippen MR) is 67.0 cm³/mol. The van der Waals surface area contributed by atoms with Crippen molar-refractivity contribution >= 4 is 5.69 Å². The number of hydrogen-bond donors (Lipinski definition) is 1. The molecule has 0 saturated heterocycles. The van der Waals surface area contributed by atoms with E-state index in [4.69, 9.17) is 10.5 Å². The van der Waals surface area contributed by atoms with Gasteiger partial charge in [0.2, 0.25) is 0 Å². The number of halogens is 6. The summed E-state index contributed by atoms with van der Waals surface area (Å²) in [6.07, 6.45) is -4.90. The van der Waals surface area contributed by atoms with Gasteiger partial charge in [0, 0.05) is 6.07 Å². The first-order valence-corrected chi connectivity index (χ1v) is 5.89. The molecule has 22 heavy (non-hydrogen) atoms. The lowest BCUT2D eigenvalue weighted by Crippen LogP contribution is -2.07. The van der Waals surface area contributed by atoms with Gasteiger partial charge in [0.05, 0.1) is 11.3 Å². The Balaban J connectivity index is 2.45. The topological polar surface area (TPSA) is 35.2 Å². The molecular formula is C14H9F6NO. The Morgan fingerprint density at radius 3 is 1.95 bits per heavy atom. The number of aryl methyl sites for hydroxylation is 1. The van der Waals surface area contributed by atoms with Crippen molar-refractivity contribution in [1.29, 1.82) is 0 Å². The minimum atomic E-state index is -4.90. The van der Waals surface area contributed by atoms with Crippen LogP contribution in [0.4, 0.5) is 32.0 Å². The molecule has 0 fully saturated rings. The second kappa shape index (κ2) is 5.43. The lowest BCUT2D eigenvalue weighted by atomic mass is 10.1. The lowest BCUT2D eigenvalue weighted by molar-refractivity contribution is -0.138. The molecule has 0 radical (unpaired) electrons. The summed E-state index contributed by atoms with van der Waals surface area (Å²) in [7, 11) is 0. The molecule has 0 aliphatic carbocycles. The maximum absolute atomic E-state index is 13.7. The van der Waals surface area contributed by atoms with E-state index in [0.29, 0.717) is 0 Å². The van der Waals surface area contributed by atoms with E-state index in [2.05, 4.69) is 0 Å². The third kappa shape index (κ3) is 3.10. The van der Waals surface area contributed by atoms with E-state index in [-0.39, 0.29) is 29.1 Å². The van der Waals surface area contributed by atoms with Crippen molar-refractivity contribution in [3.8, 4) is 11.5 Å². The van der Waals surface area contributed by atoms with Crippen LogP contribution >= 0.6 is 0 Å². The van der Waals surface area contributed by atoms with Gasteiger partial charge in [-0.1, -0.05) is 0 Å². The van der Waals surface area contributed by atoms with Crippen LogP contribution in [0.3, 0.4) is 0 Å². The fourth-order valence-corrected chi connectivity index (χ4v) is 1.69. The Labute approximate surface area is 121 Å². The average Bonchev–Trinajstić information content (AvgIpc) is 2.38. The van der Waals surface area contributed by atoms with Crippen LogP contribution in [0.25, 0.3) is 0 Å². The van der Waals surface area contributed by atoms with Crippen molar-refractivity contribution in [2.75, 3.05) is 5.73 Å². The molecule has 118 valence electrons. The van der Waals surface area contributed by atoms with Crippen LogP contribution < -0.4 is 10.5 Å². The maximum Gasteiger partial charge on any atom is 0.416 e. The Hall–Kier alpha value is -2.38. The van der Waals surface area contributed by atoms with Gasteiger partial charge in [-0.3, -0.25) is 0 Å². The predicted octanol–water partition coefficient (Wildman–Crippen LogP) is 4.81. The number of anilines is 1.